The highest BCUT2D eigenvalue weighted by Gasteiger charge is 2.69. The molecule has 242 valence electrons. The molecule has 4 aliphatic rings. The highest BCUT2D eigenvalue weighted by atomic mass is 28.4. The van der Waals surface area contributed by atoms with Crippen LogP contribution in [-0.2, 0) is 23.0 Å². The van der Waals surface area contributed by atoms with Gasteiger partial charge in [0.1, 0.15) is 25.5 Å². The predicted octanol–water partition coefficient (Wildman–Crippen LogP) is 8.31. The zero-order valence-electron chi connectivity index (χ0n) is 29.2. The number of fused-ring (bicyclic) bond motifs is 5. The molecule has 0 saturated heterocycles. The van der Waals surface area contributed by atoms with Gasteiger partial charge in [-0.2, -0.15) is 0 Å². The Morgan fingerprint density at radius 3 is 2.10 bits per heavy atom. The van der Waals surface area contributed by atoms with Crippen molar-refractivity contribution in [2.45, 2.75) is 136 Å². The van der Waals surface area contributed by atoms with Crippen LogP contribution in [0.2, 0.25) is 58.9 Å². The molecule has 42 heavy (non-hydrogen) atoms. The van der Waals surface area contributed by atoms with Gasteiger partial charge in [0.05, 0.1) is 12.3 Å². The van der Waals surface area contributed by atoms with Crippen molar-refractivity contribution in [3.05, 3.63) is 0 Å². The maximum Gasteiger partial charge on any atom is 0.185 e. The zero-order valence-corrected chi connectivity index (χ0v) is 32.2. The van der Waals surface area contributed by atoms with E-state index in [1.54, 1.807) is 14.2 Å². The molecular weight excluding hydrogens is 577 g/mol. The fourth-order valence-electron chi connectivity index (χ4n) is 9.71. The van der Waals surface area contributed by atoms with Crippen LogP contribution in [0.5, 0.6) is 0 Å². The minimum atomic E-state index is -2.00. The van der Waals surface area contributed by atoms with Crippen LogP contribution in [0.15, 0.2) is 10.3 Å². The van der Waals surface area contributed by atoms with Gasteiger partial charge in [-0.1, -0.05) is 24.2 Å². The van der Waals surface area contributed by atoms with Gasteiger partial charge >= 0.3 is 0 Å². The van der Waals surface area contributed by atoms with E-state index in [-0.39, 0.29) is 10.8 Å². The van der Waals surface area contributed by atoms with Gasteiger partial charge in [-0.25, -0.2) is 0 Å². The largest absolute Gasteiger partial charge is 0.415 e. The number of rotatable bonds is 10. The standard InChI is InChI=1S/C32H62N2O5Si3/c1-30-18-16-24(38-41(8,9)10)20-23(30)14-15-25-26-17-19-32(39-42(11,12)13,28(34-36-4)22-37-40(5,6)7)31(26,2)21-27(29(25)30)33-35-3/h23-26,29H,14-22H2,1-13H3/b33-27+,34-28-/t23-,24+,25-,26-,29+,30-,31-,32-/m0/s1. The van der Waals surface area contributed by atoms with Crippen LogP contribution in [0.1, 0.15) is 65.2 Å². The first kappa shape index (κ1) is 34.3. The van der Waals surface area contributed by atoms with Gasteiger partial charge in [0, 0.05) is 17.4 Å². The lowest BCUT2D eigenvalue weighted by molar-refractivity contribution is -0.0968. The highest BCUT2D eigenvalue weighted by molar-refractivity contribution is 6.70. The van der Waals surface area contributed by atoms with E-state index in [0.29, 0.717) is 36.4 Å². The maximum atomic E-state index is 7.39. The lowest BCUT2D eigenvalue weighted by Gasteiger charge is -2.62. The molecule has 4 rings (SSSR count). The summed E-state index contributed by atoms with van der Waals surface area (Å²) in [4.78, 5) is 11.2. The van der Waals surface area contributed by atoms with E-state index in [9.17, 15) is 0 Å². The van der Waals surface area contributed by atoms with Gasteiger partial charge in [0.2, 0.25) is 0 Å². The molecule has 4 fully saturated rings. The van der Waals surface area contributed by atoms with Crippen LogP contribution in [0, 0.1) is 34.5 Å². The Labute approximate surface area is 260 Å². The minimum Gasteiger partial charge on any atom is -0.415 e. The van der Waals surface area contributed by atoms with Crippen LogP contribution < -0.4 is 0 Å². The van der Waals surface area contributed by atoms with Crippen LogP contribution in [0.25, 0.3) is 0 Å². The van der Waals surface area contributed by atoms with E-state index < -0.39 is 30.6 Å². The summed E-state index contributed by atoms with van der Waals surface area (Å²) < 4.78 is 20.6. The zero-order chi connectivity index (χ0) is 31.4. The Kier molecular flexibility index (Phi) is 9.82. The number of nitrogens with zero attached hydrogens (tertiary/aromatic N) is 2. The summed E-state index contributed by atoms with van der Waals surface area (Å²) in [6, 6.07) is 0. The summed E-state index contributed by atoms with van der Waals surface area (Å²) in [5.74, 6) is 2.19. The summed E-state index contributed by atoms with van der Waals surface area (Å²) in [5.41, 5.74) is 1.67. The second-order valence-electron chi connectivity index (χ2n) is 17.2. The molecule has 8 atom stereocenters. The fourth-order valence-corrected chi connectivity index (χ4v) is 13.0. The molecule has 0 spiro atoms. The van der Waals surface area contributed by atoms with Crippen molar-refractivity contribution < 1.29 is 23.0 Å². The van der Waals surface area contributed by atoms with Gasteiger partial charge < -0.3 is 23.0 Å². The Morgan fingerprint density at radius 2 is 1.52 bits per heavy atom. The van der Waals surface area contributed by atoms with Crippen molar-refractivity contribution in [2.24, 2.45) is 44.8 Å². The fraction of sp³-hybridized carbons (Fsp3) is 0.938. The summed E-state index contributed by atoms with van der Waals surface area (Å²) in [6.45, 7) is 26.1. The SMILES string of the molecule is CO/N=C(/CO[Si](C)(C)C)[C@@]1(O[Si](C)(C)C)CC[C@H]2[C@@H]3CC[C@H]4C[C@H](O[Si](C)(C)C)CC[C@]4(C)[C@H]3/C(=N/OC)C[C@@]21C. The Bertz CT molecular complexity index is 1030. The Morgan fingerprint density at radius 1 is 0.833 bits per heavy atom. The molecule has 4 saturated carbocycles. The molecule has 0 aromatic rings. The average molecular weight is 639 g/mol. The second-order valence-corrected chi connectivity index (χ2v) is 30.6. The third-order valence-electron chi connectivity index (χ3n) is 11.0. The van der Waals surface area contributed by atoms with Gasteiger partial charge in [0.15, 0.2) is 25.0 Å². The van der Waals surface area contributed by atoms with Gasteiger partial charge in [-0.3, -0.25) is 0 Å². The predicted molar refractivity (Wildman–Crippen MR) is 181 cm³/mol. The molecule has 0 heterocycles. The van der Waals surface area contributed by atoms with Gasteiger partial charge in [-0.15, -0.1) is 0 Å². The van der Waals surface area contributed by atoms with Crippen LogP contribution in [-0.4, -0.2) is 68.9 Å². The molecule has 0 radical (unpaired) electrons. The topological polar surface area (TPSA) is 70.9 Å². The molecule has 4 aliphatic carbocycles. The van der Waals surface area contributed by atoms with E-state index >= 15 is 0 Å². The quantitative estimate of drug-likeness (QED) is 0.137. The van der Waals surface area contributed by atoms with Crippen molar-refractivity contribution >= 4 is 36.4 Å². The molecule has 10 heteroatoms. The highest BCUT2D eigenvalue weighted by Crippen LogP contribution is 2.69. The summed E-state index contributed by atoms with van der Waals surface area (Å²) in [7, 11) is -1.99. The van der Waals surface area contributed by atoms with Gasteiger partial charge in [-0.05, 0) is 133 Å². The summed E-state index contributed by atoms with van der Waals surface area (Å²) in [6.07, 6.45) is 9.42. The molecule has 0 aliphatic heterocycles. The lowest BCUT2D eigenvalue weighted by Crippen LogP contribution is -2.65. The summed E-state index contributed by atoms with van der Waals surface area (Å²) >= 11 is 0. The number of hydrogen-bond acceptors (Lipinski definition) is 7. The van der Waals surface area contributed by atoms with E-state index in [1.807, 2.05) is 0 Å². The van der Waals surface area contributed by atoms with E-state index in [0.717, 1.165) is 31.4 Å². The molecule has 0 aromatic carbocycles. The number of hydrogen-bond donors (Lipinski definition) is 0. The van der Waals surface area contributed by atoms with Crippen LogP contribution in [0.4, 0.5) is 0 Å². The first-order valence-electron chi connectivity index (χ1n) is 16.5. The Hall–Kier alpha value is -0.529. The molecular formula is C32H62N2O5Si3. The van der Waals surface area contributed by atoms with Crippen molar-refractivity contribution in [1.82, 2.24) is 0 Å². The average Bonchev–Trinajstić information content (AvgIpc) is 3.11. The lowest BCUT2D eigenvalue weighted by atomic mass is 9.43. The van der Waals surface area contributed by atoms with Gasteiger partial charge in [0.25, 0.3) is 0 Å². The number of oxime groups is 2. The monoisotopic (exact) mass is 638 g/mol. The van der Waals surface area contributed by atoms with E-state index in [4.69, 9.17) is 33.3 Å². The molecule has 0 amide bonds. The van der Waals surface area contributed by atoms with Crippen LogP contribution in [0.3, 0.4) is 0 Å². The van der Waals surface area contributed by atoms with Crippen molar-refractivity contribution in [2.75, 3.05) is 20.8 Å². The first-order valence-corrected chi connectivity index (χ1v) is 26.7. The van der Waals surface area contributed by atoms with Crippen molar-refractivity contribution in [3.8, 4) is 0 Å². The molecule has 0 bridgehead atoms. The van der Waals surface area contributed by atoms with Crippen molar-refractivity contribution in [1.29, 1.82) is 0 Å². The van der Waals surface area contributed by atoms with Crippen LogP contribution >= 0.6 is 0 Å². The third-order valence-corrected chi connectivity index (χ3v) is 14.0. The normalized spacial score (nSPS) is 40.4. The Balaban J connectivity index is 1.75. The molecule has 0 aromatic heterocycles. The first-order chi connectivity index (χ1) is 19.3. The van der Waals surface area contributed by atoms with E-state index in [2.05, 4.69) is 72.8 Å². The van der Waals surface area contributed by atoms with Crippen molar-refractivity contribution in [3.63, 3.8) is 0 Å². The maximum absolute atomic E-state index is 7.39. The smallest absolute Gasteiger partial charge is 0.185 e. The third kappa shape index (κ3) is 6.69. The molecule has 7 nitrogen and oxygen atoms in total. The summed E-state index contributed by atoms with van der Waals surface area (Å²) in [5, 5.41) is 9.62. The molecule has 0 N–H and O–H groups in total. The van der Waals surface area contributed by atoms with E-state index in [1.165, 1.54) is 31.4 Å². The molecule has 0 unspecified atom stereocenters. The minimum absolute atomic E-state index is 0.173. The second kappa shape index (κ2) is 12.0.